The molecule has 0 aliphatic heterocycles. The average molecular weight is 333 g/mol. The molecular formula is C12H14IO3+. The normalized spacial score (nSPS) is 9.88. The molecular weight excluding hydrogens is 319 g/mol. The molecule has 0 atom stereocenters. The minimum Gasteiger partial charge on any atom is -0.503 e. The Balaban J connectivity index is 3.33. The van der Waals surface area contributed by atoms with Gasteiger partial charge in [-0.15, -0.1) is 6.58 Å². The van der Waals surface area contributed by atoms with E-state index >= 15 is 0 Å². The molecule has 0 fully saturated rings. The molecule has 1 aromatic carbocycles. The summed E-state index contributed by atoms with van der Waals surface area (Å²) in [5.41, 5.74) is 1.03. The number of carbonyl (C=O) groups excluding carboxylic acids is 1. The van der Waals surface area contributed by atoms with E-state index in [2.05, 4.69) is 16.2 Å². The highest BCUT2D eigenvalue weighted by Crippen LogP contribution is 2.22. The Bertz CT molecular complexity index is 413. The molecule has 0 spiro atoms. The van der Waals surface area contributed by atoms with Crippen molar-refractivity contribution in [3.05, 3.63) is 39.5 Å². The van der Waals surface area contributed by atoms with Crippen molar-refractivity contribution in [2.75, 3.05) is 12.0 Å². The van der Waals surface area contributed by atoms with Crippen molar-refractivity contribution >= 4 is 5.97 Å². The van der Waals surface area contributed by atoms with Crippen LogP contribution >= 0.6 is 0 Å². The Kier molecular flexibility index (Phi) is 4.79. The van der Waals surface area contributed by atoms with Crippen molar-refractivity contribution in [3.8, 4) is 5.75 Å². The third-order valence-corrected chi connectivity index (χ3v) is 4.22. The van der Waals surface area contributed by atoms with E-state index < -0.39 is 5.97 Å². The minimum atomic E-state index is -0.423. The molecule has 0 aliphatic carbocycles. The monoisotopic (exact) mass is 333 g/mol. The first-order valence-corrected chi connectivity index (χ1v) is 7.92. The van der Waals surface area contributed by atoms with Gasteiger partial charge in [0.15, 0.2) is 5.75 Å². The molecule has 1 rings (SSSR count). The topological polar surface area (TPSA) is 46.5 Å². The second-order valence-corrected chi connectivity index (χ2v) is 5.34. The number of phenols is 1. The van der Waals surface area contributed by atoms with Gasteiger partial charge in [-0.25, -0.2) is 4.79 Å². The zero-order valence-electron chi connectivity index (χ0n) is 9.29. The van der Waals surface area contributed by atoms with Gasteiger partial charge < -0.3 is 9.84 Å². The van der Waals surface area contributed by atoms with Gasteiger partial charge in [0.05, 0.1) is 12.7 Å². The van der Waals surface area contributed by atoms with Gasteiger partial charge in [-0.3, -0.25) is 0 Å². The number of phenolic OH excluding ortho intramolecular Hbond substituents is 1. The Hall–Kier alpha value is -1.04. The first kappa shape index (κ1) is 13.0. The summed E-state index contributed by atoms with van der Waals surface area (Å²) in [6.07, 6.45) is 2.13. The summed E-state index contributed by atoms with van der Waals surface area (Å²) in [6.45, 7) is 3.62. The number of ether oxygens (including phenoxy) is 1. The molecule has 4 heteroatoms. The van der Waals surface area contributed by atoms with Crippen LogP contribution in [0.15, 0.2) is 24.8 Å². The molecule has 0 aromatic heterocycles. The number of esters is 1. The molecule has 86 valence electrons. The Morgan fingerprint density at radius 3 is 2.81 bits per heavy atom. The van der Waals surface area contributed by atoms with Gasteiger partial charge in [-0.05, 0) is 18.6 Å². The van der Waals surface area contributed by atoms with Crippen molar-refractivity contribution in [1.29, 1.82) is 0 Å². The molecule has 1 N–H and O–H groups in total. The zero-order valence-corrected chi connectivity index (χ0v) is 11.4. The fraction of sp³-hybridized carbons (Fsp3) is 0.250. The van der Waals surface area contributed by atoms with E-state index in [1.165, 1.54) is 7.11 Å². The summed E-state index contributed by atoms with van der Waals surface area (Å²) in [5.74, 6) is -0.203. The third-order valence-electron chi connectivity index (χ3n) is 2.19. The summed E-state index contributed by atoms with van der Waals surface area (Å²) in [7, 11) is 1.33. The van der Waals surface area contributed by atoms with Crippen LogP contribution in [0.4, 0.5) is 0 Å². The number of hydrogen-bond acceptors (Lipinski definition) is 3. The van der Waals surface area contributed by atoms with Crippen LogP contribution in [-0.2, 0) is 11.2 Å². The Morgan fingerprint density at radius 1 is 1.62 bits per heavy atom. The van der Waals surface area contributed by atoms with E-state index in [1.807, 2.05) is 0 Å². The maximum absolute atomic E-state index is 11.5. The third kappa shape index (κ3) is 2.55. The van der Waals surface area contributed by atoms with E-state index in [0.29, 0.717) is 17.5 Å². The van der Waals surface area contributed by atoms with E-state index in [9.17, 15) is 9.90 Å². The largest absolute Gasteiger partial charge is 0.503 e. The van der Waals surface area contributed by atoms with E-state index in [0.717, 1.165) is 3.57 Å². The summed E-state index contributed by atoms with van der Waals surface area (Å²) >= 11 is -0.214. The van der Waals surface area contributed by atoms with Crippen LogP contribution < -0.4 is 21.2 Å². The number of alkyl halides is 1. The number of halogens is 1. The van der Waals surface area contributed by atoms with Crippen LogP contribution in [0, 0.1) is 3.57 Å². The standard InChI is InChI=1S/C12H13IO3/c1-4-5-8-9(12(15)16-3)6-7-10(13-2)11(8)14/h4,6-7H,1,5H2,2-3H3/p+1. The number of hydrogen-bond donors (Lipinski definition) is 1. The van der Waals surface area contributed by atoms with Gasteiger partial charge in [0.25, 0.3) is 0 Å². The van der Waals surface area contributed by atoms with Gasteiger partial charge in [0, 0.05) is 5.56 Å². The van der Waals surface area contributed by atoms with Crippen LogP contribution in [0.1, 0.15) is 15.9 Å². The summed E-state index contributed by atoms with van der Waals surface area (Å²) in [6, 6.07) is 3.50. The van der Waals surface area contributed by atoms with Gasteiger partial charge >= 0.3 is 27.2 Å². The van der Waals surface area contributed by atoms with E-state index in [-0.39, 0.29) is 27.0 Å². The van der Waals surface area contributed by atoms with Gasteiger partial charge in [0.1, 0.15) is 4.93 Å². The fourth-order valence-corrected chi connectivity index (χ4v) is 2.79. The van der Waals surface area contributed by atoms with Crippen LogP contribution in [0.5, 0.6) is 5.75 Å². The second kappa shape index (κ2) is 5.89. The summed E-state index contributed by atoms with van der Waals surface area (Å²) < 4.78 is 5.61. The lowest BCUT2D eigenvalue weighted by atomic mass is 10.0. The predicted molar refractivity (Wildman–Crippen MR) is 58.0 cm³/mol. The molecule has 0 radical (unpaired) electrons. The molecule has 0 saturated carbocycles. The lowest BCUT2D eigenvalue weighted by Gasteiger charge is -2.07. The molecule has 3 nitrogen and oxygen atoms in total. The van der Waals surface area contributed by atoms with Crippen molar-refractivity contribution in [3.63, 3.8) is 0 Å². The number of benzene rings is 1. The van der Waals surface area contributed by atoms with Crippen molar-refractivity contribution in [2.24, 2.45) is 0 Å². The molecule has 16 heavy (non-hydrogen) atoms. The number of allylic oxidation sites excluding steroid dienone is 1. The minimum absolute atomic E-state index is 0.214. The van der Waals surface area contributed by atoms with Crippen LogP contribution in [-0.4, -0.2) is 23.1 Å². The molecule has 1 aromatic rings. The van der Waals surface area contributed by atoms with Gasteiger partial charge in [0.2, 0.25) is 3.57 Å². The molecule has 0 unspecified atom stereocenters. The molecule has 0 aliphatic rings. The molecule has 0 bridgehead atoms. The SMILES string of the molecule is C=CCc1c(C(=O)OC)ccc([I+]C)c1O. The Morgan fingerprint density at radius 2 is 2.31 bits per heavy atom. The lowest BCUT2D eigenvalue weighted by molar-refractivity contribution is -0.598. The van der Waals surface area contributed by atoms with Crippen molar-refractivity contribution in [2.45, 2.75) is 6.42 Å². The molecule has 0 heterocycles. The molecule has 0 saturated heterocycles. The van der Waals surface area contributed by atoms with Crippen LogP contribution in [0.3, 0.4) is 0 Å². The second-order valence-electron chi connectivity index (χ2n) is 3.10. The fourth-order valence-electron chi connectivity index (χ4n) is 1.41. The first-order chi connectivity index (χ1) is 7.65. The quantitative estimate of drug-likeness (QED) is 0.326. The lowest BCUT2D eigenvalue weighted by Crippen LogP contribution is -3.60. The highest BCUT2D eigenvalue weighted by molar-refractivity contribution is 5.91. The number of methoxy groups -OCH3 is 1. The Labute approximate surface area is 105 Å². The highest BCUT2D eigenvalue weighted by Gasteiger charge is 2.21. The highest BCUT2D eigenvalue weighted by atomic mass is 127. The van der Waals surface area contributed by atoms with Gasteiger partial charge in [-0.1, -0.05) is 6.08 Å². The number of carbonyl (C=O) groups is 1. The zero-order chi connectivity index (χ0) is 12.1. The number of aromatic hydroxyl groups is 1. The summed E-state index contributed by atoms with van der Waals surface area (Å²) in [4.78, 5) is 13.6. The summed E-state index contributed by atoms with van der Waals surface area (Å²) in [5, 5.41) is 10.0. The van der Waals surface area contributed by atoms with Crippen LogP contribution in [0.2, 0.25) is 0 Å². The van der Waals surface area contributed by atoms with Crippen molar-refractivity contribution in [1.82, 2.24) is 0 Å². The van der Waals surface area contributed by atoms with Crippen LogP contribution in [0.25, 0.3) is 0 Å². The first-order valence-electron chi connectivity index (χ1n) is 4.69. The van der Waals surface area contributed by atoms with E-state index in [4.69, 9.17) is 0 Å². The van der Waals surface area contributed by atoms with Gasteiger partial charge in [-0.2, -0.15) is 0 Å². The number of rotatable bonds is 4. The molecule has 0 amide bonds. The average Bonchev–Trinajstić information content (AvgIpc) is 2.31. The van der Waals surface area contributed by atoms with Crippen molar-refractivity contribution < 1.29 is 35.8 Å². The predicted octanol–water partition coefficient (Wildman–Crippen LogP) is -1.20. The smallest absolute Gasteiger partial charge is 0.338 e. The maximum Gasteiger partial charge on any atom is 0.338 e. The maximum atomic E-state index is 11.5. The van der Waals surface area contributed by atoms with E-state index in [1.54, 1.807) is 18.2 Å².